The van der Waals surface area contributed by atoms with Crippen molar-refractivity contribution < 1.29 is 14.6 Å². The summed E-state index contributed by atoms with van der Waals surface area (Å²) in [5.41, 5.74) is 0.688. The highest BCUT2D eigenvalue weighted by Crippen LogP contribution is 2.24. The Kier molecular flexibility index (Phi) is 7.76. The number of anilines is 1. The molecule has 0 saturated heterocycles. The number of hydrogen-bond acceptors (Lipinski definition) is 4. The molecule has 0 fully saturated rings. The summed E-state index contributed by atoms with van der Waals surface area (Å²) in [6.07, 6.45) is -0.563. The van der Waals surface area contributed by atoms with Gasteiger partial charge >= 0.3 is 6.03 Å². The van der Waals surface area contributed by atoms with Crippen LogP contribution in [0.3, 0.4) is 0 Å². The van der Waals surface area contributed by atoms with Gasteiger partial charge in [-0.3, -0.25) is 0 Å². The number of hydrogen-bond donors (Lipinski definition) is 4. The highest BCUT2D eigenvalue weighted by Gasteiger charge is 2.09. The number of rotatable bonds is 7. The first-order chi connectivity index (χ1) is 9.92. The molecule has 0 aliphatic carbocycles. The Balaban J connectivity index is 2.50. The zero-order valence-corrected chi connectivity index (χ0v) is 14.6. The van der Waals surface area contributed by atoms with E-state index in [2.05, 4.69) is 38.5 Å². The number of carbonyl (C=O) groups excluding carboxylic acids is 1. The maximum atomic E-state index is 11.2. The summed E-state index contributed by atoms with van der Waals surface area (Å²) >= 11 is 2.13. The molecule has 4 N–H and O–H groups in total. The van der Waals surface area contributed by atoms with Gasteiger partial charge in [0.1, 0.15) is 18.5 Å². The molecule has 1 atom stereocenters. The molecule has 0 unspecified atom stereocenters. The average Bonchev–Trinajstić information content (AvgIpc) is 2.44. The molecule has 21 heavy (non-hydrogen) atoms. The van der Waals surface area contributed by atoms with Gasteiger partial charge in [-0.25, -0.2) is 4.79 Å². The van der Waals surface area contributed by atoms with Crippen LogP contribution in [0.15, 0.2) is 18.2 Å². The fraction of sp³-hybridized carbons (Fsp3) is 0.500. The van der Waals surface area contributed by atoms with Crippen molar-refractivity contribution >= 4 is 34.3 Å². The van der Waals surface area contributed by atoms with Crippen LogP contribution in [-0.2, 0) is 0 Å². The molecule has 0 heterocycles. The fourth-order valence-electron chi connectivity index (χ4n) is 1.51. The molecule has 118 valence electrons. The monoisotopic (exact) mass is 407 g/mol. The maximum Gasteiger partial charge on any atom is 0.318 e. The zero-order valence-electron chi connectivity index (χ0n) is 12.4. The predicted molar refractivity (Wildman–Crippen MR) is 91.9 cm³/mol. The fourth-order valence-corrected chi connectivity index (χ4v) is 2.18. The van der Waals surface area contributed by atoms with Gasteiger partial charge in [0.2, 0.25) is 0 Å². The molecule has 6 nitrogen and oxygen atoms in total. The average molecular weight is 407 g/mol. The van der Waals surface area contributed by atoms with Crippen molar-refractivity contribution in [1.29, 1.82) is 0 Å². The van der Waals surface area contributed by atoms with Gasteiger partial charge in [0.15, 0.2) is 0 Å². The van der Waals surface area contributed by atoms with Crippen LogP contribution in [0, 0.1) is 3.57 Å². The lowest BCUT2D eigenvalue weighted by Gasteiger charge is -2.16. The molecular formula is C14H22IN3O3. The minimum atomic E-state index is -0.563. The number of benzene rings is 1. The number of aliphatic hydroxyl groups is 1. The molecule has 7 heteroatoms. The van der Waals surface area contributed by atoms with Crippen molar-refractivity contribution in [3.8, 4) is 5.75 Å². The summed E-state index contributed by atoms with van der Waals surface area (Å²) in [7, 11) is 1.56. The number of aliphatic hydroxyl groups excluding tert-OH is 1. The van der Waals surface area contributed by atoms with Crippen molar-refractivity contribution in [2.45, 2.75) is 26.0 Å². The molecule has 0 spiro atoms. The third-order valence-electron chi connectivity index (χ3n) is 2.61. The van der Waals surface area contributed by atoms with E-state index in [1.165, 1.54) is 0 Å². The van der Waals surface area contributed by atoms with Gasteiger partial charge in [0.05, 0.1) is 3.57 Å². The predicted octanol–water partition coefficient (Wildman–Crippen LogP) is 1.78. The second kappa shape index (κ2) is 9.06. The van der Waals surface area contributed by atoms with Gasteiger partial charge in [0.25, 0.3) is 0 Å². The Morgan fingerprint density at radius 2 is 2.14 bits per heavy atom. The summed E-state index contributed by atoms with van der Waals surface area (Å²) in [6, 6.07) is 5.40. The number of halogens is 1. The van der Waals surface area contributed by atoms with E-state index in [9.17, 15) is 9.90 Å². The molecule has 0 saturated carbocycles. The first-order valence-electron chi connectivity index (χ1n) is 6.75. The van der Waals surface area contributed by atoms with Crippen LogP contribution < -0.4 is 20.7 Å². The minimum Gasteiger partial charge on any atom is -0.490 e. The maximum absolute atomic E-state index is 11.2. The largest absolute Gasteiger partial charge is 0.490 e. The van der Waals surface area contributed by atoms with Crippen molar-refractivity contribution in [3.63, 3.8) is 0 Å². The molecule has 0 aliphatic rings. The van der Waals surface area contributed by atoms with Gasteiger partial charge in [-0.05, 0) is 40.8 Å². The number of carbonyl (C=O) groups is 1. The first-order valence-corrected chi connectivity index (χ1v) is 7.82. The molecule has 1 aromatic carbocycles. The smallest absolute Gasteiger partial charge is 0.318 e. The Morgan fingerprint density at radius 1 is 1.43 bits per heavy atom. The second-order valence-corrected chi connectivity index (χ2v) is 6.04. The third-order valence-corrected chi connectivity index (χ3v) is 3.45. The molecule has 1 aromatic rings. The summed E-state index contributed by atoms with van der Waals surface area (Å²) in [5.74, 6) is 0.682. The second-order valence-electron chi connectivity index (χ2n) is 4.88. The molecule has 1 rings (SSSR count). The summed E-state index contributed by atoms with van der Waals surface area (Å²) < 4.78 is 6.46. The Bertz CT molecular complexity index is 469. The van der Waals surface area contributed by atoms with Crippen molar-refractivity contribution in [3.05, 3.63) is 21.8 Å². The van der Waals surface area contributed by atoms with Crippen LogP contribution in [-0.4, -0.2) is 43.5 Å². The van der Waals surface area contributed by atoms with Crippen LogP contribution >= 0.6 is 22.6 Å². The van der Waals surface area contributed by atoms with E-state index in [1.807, 2.05) is 19.9 Å². The highest BCUT2D eigenvalue weighted by atomic mass is 127. The Hall–Kier alpha value is -1.06. The molecule has 0 bridgehead atoms. The molecule has 0 radical (unpaired) electrons. The highest BCUT2D eigenvalue weighted by molar-refractivity contribution is 14.1. The summed E-state index contributed by atoms with van der Waals surface area (Å²) in [5, 5.41) is 18.1. The van der Waals surface area contributed by atoms with Crippen LogP contribution in [0.4, 0.5) is 10.5 Å². The number of ether oxygens (including phenoxy) is 1. The molecule has 0 aromatic heterocycles. The van der Waals surface area contributed by atoms with Gasteiger partial charge < -0.3 is 25.8 Å². The zero-order chi connectivity index (χ0) is 15.8. The van der Waals surface area contributed by atoms with Gasteiger partial charge in [0, 0.05) is 25.3 Å². The molecule has 0 aliphatic heterocycles. The van der Waals surface area contributed by atoms with E-state index in [0.717, 1.165) is 3.57 Å². The van der Waals surface area contributed by atoms with E-state index in [1.54, 1.807) is 19.2 Å². The number of urea groups is 1. The van der Waals surface area contributed by atoms with E-state index < -0.39 is 6.10 Å². The lowest BCUT2D eigenvalue weighted by atomic mass is 10.3. The van der Waals surface area contributed by atoms with E-state index in [-0.39, 0.29) is 12.6 Å². The van der Waals surface area contributed by atoms with E-state index >= 15 is 0 Å². The van der Waals surface area contributed by atoms with Gasteiger partial charge in [-0.15, -0.1) is 0 Å². The lowest BCUT2D eigenvalue weighted by Crippen LogP contribution is -2.35. The number of amides is 2. The topological polar surface area (TPSA) is 82.6 Å². The minimum absolute atomic E-state index is 0.220. The SMILES string of the molecule is CNC(=O)Nc1ccc(OC[C@@H](O)CNC(C)C)c(I)c1. The summed E-state index contributed by atoms with van der Waals surface area (Å²) in [6.45, 7) is 4.76. The van der Waals surface area contributed by atoms with E-state index in [0.29, 0.717) is 24.0 Å². The standard InChI is InChI=1S/C14H22IN3O3/c1-9(2)17-7-11(19)8-21-13-5-4-10(6-12(13)15)18-14(20)16-3/h4-6,9,11,17,19H,7-8H2,1-3H3,(H2,16,18,20)/t11-/m0/s1. The van der Waals surface area contributed by atoms with Crippen LogP contribution in [0.5, 0.6) is 5.75 Å². The van der Waals surface area contributed by atoms with Gasteiger partial charge in [-0.1, -0.05) is 13.8 Å². The third kappa shape index (κ3) is 6.96. The first kappa shape index (κ1) is 18.0. The van der Waals surface area contributed by atoms with Crippen molar-refractivity contribution in [1.82, 2.24) is 10.6 Å². The van der Waals surface area contributed by atoms with Crippen molar-refractivity contribution in [2.24, 2.45) is 0 Å². The molecule has 2 amide bonds. The lowest BCUT2D eigenvalue weighted by molar-refractivity contribution is 0.104. The van der Waals surface area contributed by atoms with Crippen LogP contribution in [0.2, 0.25) is 0 Å². The molecular weight excluding hydrogens is 385 g/mol. The Morgan fingerprint density at radius 3 is 2.71 bits per heavy atom. The van der Waals surface area contributed by atoms with Crippen LogP contribution in [0.25, 0.3) is 0 Å². The van der Waals surface area contributed by atoms with Crippen molar-refractivity contribution in [2.75, 3.05) is 25.5 Å². The van der Waals surface area contributed by atoms with Crippen LogP contribution in [0.1, 0.15) is 13.8 Å². The number of nitrogens with one attached hydrogen (secondary N) is 3. The quantitative estimate of drug-likeness (QED) is 0.520. The van der Waals surface area contributed by atoms with E-state index in [4.69, 9.17) is 4.74 Å². The summed E-state index contributed by atoms with van der Waals surface area (Å²) in [4.78, 5) is 11.2. The normalized spacial score (nSPS) is 12.1. The van der Waals surface area contributed by atoms with Gasteiger partial charge in [-0.2, -0.15) is 0 Å². The Labute approximate surface area is 138 Å².